The molecule has 0 saturated heterocycles. The maximum atomic E-state index is 13.0. The van der Waals surface area contributed by atoms with Crippen molar-refractivity contribution in [2.24, 2.45) is 12.8 Å². The van der Waals surface area contributed by atoms with Gasteiger partial charge in [0, 0.05) is 7.05 Å². The van der Waals surface area contributed by atoms with Crippen LogP contribution in [0, 0.1) is 13.8 Å². The van der Waals surface area contributed by atoms with E-state index in [1.165, 1.54) is 11.0 Å². The molecule has 0 aliphatic carbocycles. The number of hydrogen-bond donors (Lipinski definition) is 2. The van der Waals surface area contributed by atoms with Crippen LogP contribution < -0.4 is 22.2 Å². The van der Waals surface area contributed by atoms with Crippen molar-refractivity contribution in [3.8, 4) is 5.69 Å². The van der Waals surface area contributed by atoms with Crippen LogP contribution in [-0.2, 0) is 18.4 Å². The van der Waals surface area contributed by atoms with Crippen molar-refractivity contribution in [3.05, 3.63) is 73.5 Å². The summed E-state index contributed by atoms with van der Waals surface area (Å²) >= 11 is 1.04. The van der Waals surface area contributed by atoms with Crippen LogP contribution >= 0.6 is 11.3 Å². The van der Waals surface area contributed by atoms with Crippen LogP contribution in [0.1, 0.15) is 20.9 Å². The highest BCUT2D eigenvalue weighted by Crippen LogP contribution is 2.26. The molecule has 0 fully saturated rings. The molecule has 4 aromatic rings. The van der Waals surface area contributed by atoms with Gasteiger partial charge in [0.15, 0.2) is 0 Å². The Kier molecular flexibility index (Phi) is 5.26. The zero-order valence-corrected chi connectivity index (χ0v) is 18.4. The zero-order chi connectivity index (χ0) is 23.2. The second-order valence-electron chi connectivity index (χ2n) is 7.26. The van der Waals surface area contributed by atoms with Gasteiger partial charge in [-0.15, -0.1) is 11.3 Å². The lowest BCUT2D eigenvalue weighted by molar-refractivity contribution is -0.116. The molecule has 0 aliphatic heterocycles. The lowest BCUT2D eigenvalue weighted by Gasteiger charge is -2.07. The Bertz CT molecular complexity index is 1490. The number of nitrogens with one attached hydrogen (secondary N) is 1. The Balaban J connectivity index is 1.65. The topological polar surface area (TPSA) is 134 Å². The molecule has 0 saturated carbocycles. The summed E-state index contributed by atoms with van der Waals surface area (Å²) in [5.41, 5.74) is 6.30. The molecular weight excluding hydrogens is 432 g/mol. The average molecular weight is 452 g/mol. The first-order chi connectivity index (χ1) is 15.2. The zero-order valence-electron chi connectivity index (χ0n) is 17.6. The largest absolute Gasteiger partial charge is 0.365 e. The highest BCUT2D eigenvalue weighted by Gasteiger charge is 2.20. The Morgan fingerprint density at radius 3 is 2.47 bits per heavy atom. The molecule has 2 amide bonds. The van der Waals surface area contributed by atoms with Crippen LogP contribution in [0.15, 0.2) is 46.2 Å². The molecule has 164 valence electrons. The molecule has 3 aromatic heterocycles. The standard InChI is InChI=1S/C21H20N6O4S/c1-11-15-19(32-17(11)18(22)29)23-10-26(20(15)30)9-14(28)24-16-12(2)25(3)27(21(16)31)13-7-5-4-6-8-13/h4-8,10H,9H2,1-3H3,(H2,22,29)(H,24,28). The fourth-order valence-electron chi connectivity index (χ4n) is 3.55. The molecule has 0 bridgehead atoms. The Morgan fingerprint density at radius 1 is 1.12 bits per heavy atom. The lowest BCUT2D eigenvalue weighted by atomic mass is 10.2. The Hall–Kier alpha value is -3.99. The van der Waals surface area contributed by atoms with Gasteiger partial charge < -0.3 is 11.1 Å². The van der Waals surface area contributed by atoms with E-state index in [4.69, 9.17) is 5.73 Å². The molecule has 32 heavy (non-hydrogen) atoms. The summed E-state index contributed by atoms with van der Waals surface area (Å²) < 4.78 is 4.23. The second kappa shape index (κ2) is 7.93. The molecular formula is C21H20N6O4S. The summed E-state index contributed by atoms with van der Waals surface area (Å²) in [5.74, 6) is -1.19. The molecule has 11 heteroatoms. The number of primary amides is 1. The summed E-state index contributed by atoms with van der Waals surface area (Å²) in [5, 5.41) is 2.87. The minimum atomic E-state index is -0.636. The highest BCUT2D eigenvalue weighted by molar-refractivity contribution is 7.20. The van der Waals surface area contributed by atoms with Crippen molar-refractivity contribution in [3.63, 3.8) is 0 Å². The van der Waals surface area contributed by atoms with Crippen LogP contribution in [0.4, 0.5) is 5.69 Å². The summed E-state index contributed by atoms with van der Waals surface area (Å²) in [7, 11) is 1.72. The van der Waals surface area contributed by atoms with Gasteiger partial charge in [-0.25, -0.2) is 9.67 Å². The van der Waals surface area contributed by atoms with Crippen LogP contribution in [0.5, 0.6) is 0 Å². The fraction of sp³-hybridized carbons (Fsp3) is 0.190. The van der Waals surface area contributed by atoms with Gasteiger partial charge in [0.1, 0.15) is 17.1 Å². The summed E-state index contributed by atoms with van der Waals surface area (Å²) in [4.78, 5) is 54.9. The number of aryl methyl sites for hydroxylation is 1. The Labute approximate surface area is 185 Å². The van der Waals surface area contributed by atoms with Crippen molar-refractivity contribution in [2.45, 2.75) is 20.4 Å². The molecule has 10 nitrogen and oxygen atoms in total. The van der Waals surface area contributed by atoms with Crippen LogP contribution in [0.3, 0.4) is 0 Å². The van der Waals surface area contributed by atoms with Gasteiger partial charge in [0.05, 0.1) is 28.0 Å². The molecule has 0 spiro atoms. The molecule has 3 N–H and O–H groups in total. The number of hydrogen-bond acceptors (Lipinski definition) is 6. The minimum absolute atomic E-state index is 0.131. The van der Waals surface area contributed by atoms with E-state index in [-0.39, 0.29) is 28.1 Å². The third-order valence-corrected chi connectivity index (χ3v) is 6.49. The molecule has 0 unspecified atom stereocenters. The monoisotopic (exact) mass is 452 g/mol. The van der Waals surface area contributed by atoms with E-state index in [0.29, 0.717) is 21.8 Å². The number of fused-ring (bicyclic) bond motifs is 1. The molecule has 0 aliphatic rings. The van der Waals surface area contributed by atoms with E-state index < -0.39 is 17.4 Å². The van der Waals surface area contributed by atoms with Gasteiger partial charge in [0.2, 0.25) is 5.91 Å². The summed E-state index contributed by atoms with van der Waals surface area (Å²) in [6.45, 7) is 2.99. The number of aromatic nitrogens is 4. The maximum absolute atomic E-state index is 13.0. The van der Waals surface area contributed by atoms with Gasteiger partial charge in [-0.1, -0.05) is 18.2 Å². The van der Waals surface area contributed by atoms with Crippen LogP contribution in [-0.4, -0.2) is 30.7 Å². The minimum Gasteiger partial charge on any atom is -0.365 e. The summed E-state index contributed by atoms with van der Waals surface area (Å²) in [6.07, 6.45) is 1.24. The third kappa shape index (κ3) is 3.42. The van der Waals surface area contributed by atoms with Crippen LogP contribution in [0.2, 0.25) is 0 Å². The van der Waals surface area contributed by atoms with Crippen molar-refractivity contribution >= 4 is 39.1 Å². The normalized spacial score (nSPS) is 11.1. The number of nitrogens with two attached hydrogens (primary N) is 1. The number of rotatable bonds is 5. The van der Waals surface area contributed by atoms with Gasteiger partial charge in [0.25, 0.3) is 17.0 Å². The number of carbonyl (C=O) groups is 2. The number of thiophene rings is 1. The quantitative estimate of drug-likeness (QED) is 0.471. The number of carbonyl (C=O) groups excluding carboxylic acids is 2. The first-order valence-electron chi connectivity index (χ1n) is 9.63. The number of para-hydroxylation sites is 1. The van der Waals surface area contributed by atoms with E-state index in [0.717, 1.165) is 15.9 Å². The van der Waals surface area contributed by atoms with Crippen molar-refractivity contribution in [2.75, 3.05) is 5.32 Å². The molecule has 0 radical (unpaired) electrons. The Morgan fingerprint density at radius 2 is 1.81 bits per heavy atom. The number of benzene rings is 1. The highest BCUT2D eigenvalue weighted by atomic mass is 32.1. The summed E-state index contributed by atoms with van der Waals surface area (Å²) in [6, 6.07) is 9.05. The van der Waals surface area contributed by atoms with Gasteiger partial charge >= 0.3 is 0 Å². The first kappa shape index (κ1) is 21.2. The smallest absolute Gasteiger partial charge is 0.295 e. The molecule has 1 aromatic carbocycles. The van der Waals surface area contributed by atoms with E-state index in [1.54, 1.807) is 37.7 Å². The first-order valence-corrected chi connectivity index (χ1v) is 10.4. The number of nitrogens with zero attached hydrogens (tertiary/aromatic N) is 4. The number of amides is 2. The third-order valence-electron chi connectivity index (χ3n) is 5.27. The van der Waals surface area contributed by atoms with Gasteiger partial charge in [-0.2, -0.15) is 0 Å². The van der Waals surface area contributed by atoms with Crippen molar-refractivity contribution in [1.29, 1.82) is 0 Å². The lowest BCUT2D eigenvalue weighted by Crippen LogP contribution is -2.29. The van der Waals surface area contributed by atoms with E-state index in [1.807, 2.05) is 18.2 Å². The van der Waals surface area contributed by atoms with Crippen LogP contribution in [0.25, 0.3) is 15.9 Å². The van der Waals surface area contributed by atoms with Gasteiger partial charge in [-0.3, -0.25) is 28.4 Å². The SMILES string of the molecule is Cc1c(C(N)=O)sc2ncn(CC(=O)Nc3c(C)n(C)n(-c4ccccc4)c3=O)c(=O)c12. The number of anilines is 1. The average Bonchev–Trinajstić information content (AvgIpc) is 3.20. The van der Waals surface area contributed by atoms with E-state index in [2.05, 4.69) is 10.3 Å². The fourth-order valence-corrected chi connectivity index (χ4v) is 4.54. The predicted molar refractivity (Wildman–Crippen MR) is 122 cm³/mol. The maximum Gasteiger partial charge on any atom is 0.295 e. The molecule has 0 atom stereocenters. The molecule has 3 heterocycles. The molecule has 4 rings (SSSR count). The van der Waals surface area contributed by atoms with E-state index in [9.17, 15) is 19.2 Å². The predicted octanol–water partition coefficient (Wildman–Crippen LogP) is 1.30. The second-order valence-corrected chi connectivity index (χ2v) is 8.26. The van der Waals surface area contributed by atoms with Gasteiger partial charge in [-0.05, 0) is 31.5 Å². The van der Waals surface area contributed by atoms with Crippen molar-refractivity contribution in [1.82, 2.24) is 18.9 Å². The van der Waals surface area contributed by atoms with Crippen molar-refractivity contribution < 1.29 is 9.59 Å². The van der Waals surface area contributed by atoms with E-state index >= 15 is 0 Å².